The van der Waals surface area contributed by atoms with Crippen LogP contribution in [0.3, 0.4) is 0 Å². The minimum Gasteiger partial charge on any atom is -0.455 e. The third kappa shape index (κ3) is 5.76. The van der Waals surface area contributed by atoms with Crippen LogP contribution in [0.1, 0.15) is 43.9 Å². The average molecular weight is 628 g/mol. The summed E-state index contributed by atoms with van der Waals surface area (Å²) in [7, 11) is 0. The highest BCUT2D eigenvalue weighted by molar-refractivity contribution is 5.99. The topological polar surface area (TPSA) is 125 Å². The van der Waals surface area contributed by atoms with Crippen LogP contribution in [0.25, 0.3) is 0 Å². The summed E-state index contributed by atoms with van der Waals surface area (Å²) < 4.78 is 12.9. The molecule has 0 unspecified atom stereocenters. The van der Waals surface area contributed by atoms with Crippen LogP contribution in [0.5, 0.6) is 0 Å². The lowest BCUT2D eigenvalue weighted by Gasteiger charge is -2.39. The largest absolute Gasteiger partial charge is 0.455 e. The number of fused-ring (bicyclic) bond motifs is 2. The summed E-state index contributed by atoms with van der Waals surface area (Å²) >= 11 is 0. The zero-order valence-corrected chi connectivity index (χ0v) is 26.2. The fourth-order valence-corrected chi connectivity index (χ4v) is 7.36. The maximum atomic E-state index is 14.8. The van der Waals surface area contributed by atoms with Crippen molar-refractivity contribution in [1.82, 2.24) is 15.1 Å². The summed E-state index contributed by atoms with van der Waals surface area (Å²) in [6.45, 7) is 3.83. The Morgan fingerprint density at radius 3 is 2.39 bits per heavy atom. The first-order valence-corrected chi connectivity index (χ1v) is 16.1. The molecule has 2 fully saturated rings. The predicted octanol–water partition coefficient (Wildman–Crippen LogP) is 2.73. The highest BCUT2D eigenvalue weighted by Gasteiger charge is 2.72. The minimum absolute atomic E-state index is 0.0699. The number of allylic oxidation sites excluding steroid dienone is 1. The van der Waals surface area contributed by atoms with Gasteiger partial charge >= 0.3 is 5.97 Å². The van der Waals surface area contributed by atoms with Crippen molar-refractivity contribution in [2.75, 3.05) is 19.7 Å². The van der Waals surface area contributed by atoms with Crippen molar-refractivity contribution in [3.63, 3.8) is 0 Å². The van der Waals surface area contributed by atoms with Crippen LogP contribution < -0.4 is 5.32 Å². The molecule has 6 rings (SSSR count). The zero-order chi connectivity index (χ0) is 32.4. The molecule has 242 valence electrons. The van der Waals surface area contributed by atoms with E-state index in [1.165, 1.54) is 4.90 Å². The average Bonchev–Trinajstić information content (AvgIpc) is 3.44. The Bertz CT molecular complexity index is 1510. The van der Waals surface area contributed by atoms with Gasteiger partial charge in [0.2, 0.25) is 17.7 Å². The van der Waals surface area contributed by atoms with Crippen molar-refractivity contribution in [1.29, 1.82) is 0 Å². The van der Waals surface area contributed by atoms with E-state index in [0.717, 1.165) is 5.56 Å². The number of amides is 3. The fraction of sp³-hybridized carbons (Fsp3) is 0.444. The number of hydrogen-bond donors (Lipinski definition) is 2. The normalized spacial score (nSPS) is 31.2. The van der Waals surface area contributed by atoms with Crippen LogP contribution in [0.2, 0.25) is 0 Å². The van der Waals surface area contributed by atoms with E-state index in [-0.39, 0.29) is 37.4 Å². The van der Waals surface area contributed by atoms with Gasteiger partial charge in [-0.1, -0.05) is 85.0 Å². The van der Waals surface area contributed by atoms with Gasteiger partial charge in [-0.05, 0) is 37.8 Å². The van der Waals surface area contributed by atoms with Gasteiger partial charge in [0.1, 0.15) is 23.7 Å². The molecule has 4 aliphatic rings. The molecule has 4 heterocycles. The molecule has 2 saturated heterocycles. The maximum Gasteiger partial charge on any atom is 0.313 e. The second-order valence-corrected chi connectivity index (χ2v) is 12.7. The number of hydrogen-bond acceptors (Lipinski definition) is 7. The first-order valence-electron chi connectivity index (χ1n) is 16.1. The predicted molar refractivity (Wildman–Crippen MR) is 169 cm³/mol. The van der Waals surface area contributed by atoms with E-state index in [1.807, 2.05) is 80.6 Å². The number of benzene rings is 2. The van der Waals surface area contributed by atoms with E-state index in [9.17, 15) is 24.3 Å². The second kappa shape index (κ2) is 13.2. The number of likely N-dealkylation sites (tertiary alicyclic amines) is 1. The van der Waals surface area contributed by atoms with Gasteiger partial charge in [0.25, 0.3) is 0 Å². The van der Waals surface area contributed by atoms with Gasteiger partial charge in [0.05, 0.1) is 31.2 Å². The molecule has 2 aromatic carbocycles. The first kappa shape index (κ1) is 31.7. The Morgan fingerprint density at radius 1 is 0.978 bits per heavy atom. The lowest BCUT2D eigenvalue weighted by Crippen LogP contribution is -2.59. The third-order valence-corrected chi connectivity index (χ3v) is 9.55. The summed E-state index contributed by atoms with van der Waals surface area (Å²) in [4.78, 5) is 59.3. The molecule has 4 aliphatic heterocycles. The molecule has 46 heavy (non-hydrogen) atoms. The molecule has 0 saturated carbocycles. The maximum absolute atomic E-state index is 14.8. The van der Waals surface area contributed by atoms with Crippen LogP contribution >= 0.6 is 0 Å². The molecular weight excluding hydrogens is 586 g/mol. The zero-order valence-electron chi connectivity index (χ0n) is 26.2. The number of carbonyl (C=O) groups is 4. The highest BCUT2D eigenvalue weighted by atomic mass is 16.6. The number of nitrogens with one attached hydrogen (secondary N) is 1. The molecule has 0 aliphatic carbocycles. The van der Waals surface area contributed by atoms with Crippen LogP contribution in [0.4, 0.5) is 0 Å². The lowest BCUT2D eigenvalue weighted by atomic mass is 9.77. The van der Waals surface area contributed by atoms with Crippen LogP contribution in [-0.2, 0) is 35.1 Å². The van der Waals surface area contributed by atoms with Crippen molar-refractivity contribution in [2.24, 2.45) is 11.8 Å². The number of nitrogens with zero attached hydrogens (tertiary/aromatic N) is 2. The number of aliphatic hydroxyl groups excluding tert-OH is 1. The Morgan fingerprint density at radius 2 is 1.70 bits per heavy atom. The van der Waals surface area contributed by atoms with Gasteiger partial charge in [-0.15, -0.1) is 0 Å². The standard InChI is InChI=1S/C36H41N3O7/c1-23(2)38-19-11-18-36-31(33(42)39(32(36)34(38)43)26(22-40)20-24-12-5-3-6-13-24)30-27(46-36)16-9-10-17-29(41)37-21-28(45-35(30)44)25-14-7-4-8-15-25/h3-9,11-16,18,23,26-28,30-32,40H,10,17,19-22H2,1-2H3,(H,37,41)/b16-9-/t26-,27-,28+,30+,31+,32-,36+/m1/s1. The highest BCUT2D eigenvalue weighted by Crippen LogP contribution is 2.54. The second-order valence-electron chi connectivity index (χ2n) is 12.7. The van der Waals surface area contributed by atoms with Gasteiger partial charge in [-0.2, -0.15) is 0 Å². The monoisotopic (exact) mass is 627 g/mol. The molecule has 0 bridgehead atoms. The Balaban J connectivity index is 1.45. The smallest absolute Gasteiger partial charge is 0.313 e. The summed E-state index contributed by atoms with van der Waals surface area (Å²) in [5.74, 6) is -3.70. The van der Waals surface area contributed by atoms with E-state index in [0.29, 0.717) is 24.9 Å². The van der Waals surface area contributed by atoms with Crippen molar-refractivity contribution in [2.45, 2.75) is 69.0 Å². The van der Waals surface area contributed by atoms with E-state index in [2.05, 4.69) is 5.32 Å². The van der Waals surface area contributed by atoms with E-state index >= 15 is 0 Å². The molecule has 2 N–H and O–H groups in total. The fourth-order valence-electron chi connectivity index (χ4n) is 7.36. The van der Waals surface area contributed by atoms with Gasteiger partial charge in [-0.25, -0.2) is 0 Å². The van der Waals surface area contributed by atoms with Crippen molar-refractivity contribution >= 4 is 23.7 Å². The summed E-state index contributed by atoms with van der Waals surface area (Å²) in [5.41, 5.74) is 0.126. The molecule has 3 amide bonds. The summed E-state index contributed by atoms with van der Waals surface area (Å²) in [5, 5.41) is 13.6. The van der Waals surface area contributed by atoms with E-state index in [4.69, 9.17) is 9.47 Å². The Kier molecular flexibility index (Phi) is 9.11. The molecule has 7 atom stereocenters. The number of cyclic esters (lactones) is 1. The van der Waals surface area contributed by atoms with E-state index < -0.39 is 53.6 Å². The first-order chi connectivity index (χ1) is 22.2. The Hall–Kier alpha value is -4.28. The van der Waals surface area contributed by atoms with Crippen LogP contribution in [0.15, 0.2) is 85.0 Å². The summed E-state index contributed by atoms with van der Waals surface area (Å²) in [6, 6.07) is 16.6. The molecule has 0 aromatic heterocycles. The molecular formula is C36H41N3O7. The van der Waals surface area contributed by atoms with Crippen molar-refractivity contribution in [3.05, 3.63) is 96.1 Å². The van der Waals surface area contributed by atoms with Gasteiger partial charge < -0.3 is 29.7 Å². The van der Waals surface area contributed by atoms with Crippen molar-refractivity contribution in [3.8, 4) is 0 Å². The van der Waals surface area contributed by atoms with Crippen molar-refractivity contribution < 1.29 is 33.8 Å². The Labute approximate surface area is 269 Å². The molecule has 0 radical (unpaired) electrons. The van der Waals surface area contributed by atoms with Gasteiger partial charge in [0, 0.05) is 19.0 Å². The minimum atomic E-state index is -1.48. The quantitative estimate of drug-likeness (QED) is 0.373. The van der Waals surface area contributed by atoms with Crippen LogP contribution in [0, 0.1) is 11.8 Å². The number of aliphatic hydroxyl groups is 1. The number of carbonyl (C=O) groups excluding carboxylic acids is 4. The number of rotatable bonds is 6. The van der Waals surface area contributed by atoms with E-state index in [1.54, 1.807) is 23.1 Å². The van der Waals surface area contributed by atoms with Gasteiger partial charge in [-0.3, -0.25) is 19.2 Å². The lowest BCUT2D eigenvalue weighted by molar-refractivity contribution is -0.161. The number of esters is 1. The summed E-state index contributed by atoms with van der Waals surface area (Å²) in [6.07, 6.45) is 6.39. The van der Waals surface area contributed by atoms with Gasteiger partial charge in [0.15, 0.2) is 0 Å². The molecule has 2 aromatic rings. The SMILES string of the molecule is CC(C)N1CC=C[C@]23O[C@@H]4/C=C\CCC(=O)NC[C@@H](c5ccccc5)OC(=O)[C@@H]4[C@H]2C(=O)N([C@@H](CO)Cc2ccccc2)[C@@H]3C1=O. The molecule has 10 heteroatoms. The number of ether oxygens (including phenoxy) is 2. The third-order valence-electron chi connectivity index (χ3n) is 9.55. The van der Waals surface area contributed by atoms with Crippen LogP contribution in [-0.4, -0.2) is 88.1 Å². The molecule has 10 nitrogen and oxygen atoms in total. The molecule has 1 spiro atoms.